The summed E-state index contributed by atoms with van der Waals surface area (Å²) >= 11 is 0. The van der Waals surface area contributed by atoms with Crippen molar-refractivity contribution in [3.8, 4) is 5.75 Å². The number of benzene rings is 3. The van der Waals surface area contributed by atoms with E-state index >= 15 is 0 Å². The first-order chi connectivity index (χ1) is 16.6. The van der Waals surface area contributed by atoms with Crippen molar-refractivity contribution in [1.82, 2.24) is 10.6 Å². The number of nitrogens with one attached hydrogen (secondary N) is 2. The highest BCUT2D eigenvalue weighted by atomic mass is 16.5. The average Bonchev–Trinajstić information content (AvgIpc) is 2.88. The van der Waals surface area contributed by atoms with Gasteiger partial charge in [-0.1, -0.05) is 54.6 Å². The van der Waals surface area contributed by atoms with Crippen molar-refractivity contribution in [3.63, 3.8) is 0 Å². The fourth-order valence-electron chi connectivity index (χ4n) is 4.59. The minimum Gasteiger partial charge on any atom is -0.494 e. The summed E-state index contributed by atoms with van der Waals surface area (Å²) in [5, 5.41) is 7.96. The predicted octanol–water partition coefficient (Wildman–Crippen LogP) is 3.76. The Bertz CT molecular complexity index is 1120. The van der Waals surface area contributed by atoms with Gasteiger partial charge in [0, 0.05) is 25.2 Å². The highest BCUT2D eigenvalue weighted by Gasteiger charge is 2.34. The van der Waals surface area contributed by atoms with Crippen molar-refractivity contribution in [2.75, 3.05) is 32.9 Å². The third kappa shape index (κ3) is 5.75. The van der Waals surface area contributed by atoms with Crippen LogP contribution in [-0.4, -0.2) is 44.7 Å². The zero-order valence-corrected chi connectivity index (χ0v) is 19.6. The van der Waals surface area contributed by atoms with Crippen molar-refractivity contribution >= 4 is 22.6 Å². The molecule has 178 valence electrons. The zero-order chi connectivity index (χ0) is 23.8. The lowest BCUT2D eigenvalue weighted by atomic mass is 9.74. The summed E-state index contributed by atoms with van der Waals surface area (Å²) in [5.74, 6) is 0.480. The summed E-state index contributed by atoms with van der Waals surface area (Å²) in [5.41, 5.74) is 1.93. The van der Waals surface area contributed by atoms with E-state index in [4.69, 9.17) is 9.47 Å². The molecular formula is C28H32N2O4. The van der Waals surface area contributed by atoms with E-state index in [0.29, 0.717) is 26.4 Å². The lowest BCUT2D eigenvalue weighted by molar-refractivity contribution is -0.126. The molecule has 0 radical (unpaired) electrons. The maximum Gasteiger partial charge on any atom is 0.239 e. The van der Waals surface area contributed by atoms with Crippen molar-refractivity contribution in [2.24, 2.45) is 0 Å². The Kier molecular flexibility index (Phi) is 7.80. The number of amides is 2. The number of carbonyl (C=O) groups excluding carboxylic acids is 2. The summed E-state index contributed by atoms with van der Waals surface area (Å²) in [6.45, 7) is 4.36. The van der Waals surface area contributed by atoms with Crippen molar-refractivity contribution in [1.29, 1.82) is 0 Å². The molecule has 0 spiro atoms. The molecule has 0 aliphatic carbocycles. The van der Waals surface area contributed by atoms with E-state index < -0.39 is 0 Å². The van der Waals surface area contributed by atoms with Crippen LogP contribution in [0.2, 0.25) is 0 Å². The molecule has 0 saturated carbocycles. The van der Waals surface area contributed by atoms with Gasteiger partial charge in [0.25, 0.3) is 0 Å². The number of hydrogen-bond donors (Lipinski definition) is 2. The molecule has 2 amide bonds. The topological polar surface area (TPSA) is 76.7 Å². The van der Waals surface area contributed by atoms with Crippen LogP contribution in [0.1, 0.15) is 30.9 Å². The summed E-state index contributed by atoms with van der Waals surface area (Å²) in [7, 11) is 0. The molecule has 1 aliphatic rings. The van der Waals surface area contributed by atoms with Crippen LogP contribution >= 0.6 is 0 Å². The number of fused-ring (bicyclic) bond motifs is 1. The predicted molar refractivity (Wildman–Crippen MR) is 133 cm³/mol. The van der Waals surface area contributed by atoms with Crippen LogP contribution in [0.5, 0.6) is 5.75 Å². The first kappa shape index (κ1) is 23.8. The van der Waals surface area contributed by atoms with Gasteiger partial charge >= 0.3 is 0 Å². The molecule has 6 nitrogen and oxygen atoms in total. The molecule has 1 aliphatic heterocycles. The second kappa shape index (κ2) is 11.2. The molecule has 0 bridgehead atoms. The van der Waals surface area contributed by atoms with Crippen molar-refractivity contribution in [3.05, 3.63) is 77.9 Å². The molecule has 3 aromatic carbocycles. The fraction of sp³-hybridized carbons (Fsp3) is 0.357. The minimum atomic E-state index is -0.192. The van der Waals surface area contributed by atoms with E-state index in [1.54, 1.807) is 0 Å². The van der Waals surface area contributed by atoms with E-state index in [0.717, 1.165) is 34.9 Å². The van der Waals surface area contributed by atoms with Gasteiger partial charge in [0.05, 0.1) is 19.6 Å². The Morgan fingerprint density at radius 1 is 0.912 bits per heavy atom. The summed E-state index contributed by atoms with van der Waals surface area (Å²) in [6, 6.07) is 22.0. The molecule has 1 saturated heterocycles. The van der Waals surface area contributed by atoms with E-state index in [9.17, 15) is 9.59 Å². The lowest BCUT2D eigenvalue weighted by Crippen LogP contribution is -2.47. The van der Waals surface area contributed by atoms with Crippen LogP contribution in [0.3, 0.4) is 0 Å². The molecule has 0 unspecified atom stereocenters. The van der Waals surface area contributed by atoms with Gasteiger partial charge < -0.3 is 20.1 Å². The Morgan fingerprint density at radius 2 is 1.65 bits per heavy atom. The van der Waals surface area contributed by atoms with Gasteiger partial charge in [0.2, 0.25) is 11.8 Å². The van der Waals surface area contributed by atoms with E-state index in [-0.39, 0.29) is 30.2 Å². The monoisotopic (exact) mass is 460 g/mol. The summed E-state index contributed by atoms with van der Waals surface area (Å²) < 4.78 is 11.2. The van der Waals surface area contributed by atoms with Crippen LogP contribution < -0.4 is 15.4 Å². The molecular weight excluding hydrogens is 428 g/mol. The summed E-state index contributed by atoms with van der Waals surface area (Å²) in [6.07, 6.45) is 1.89. The SMILES string of the molecule is CCOc1ccc(C2(CNC(=O)CNC(=O)Cc3cccc4ccccc34)CCOCC2)cc1. The first-order valence-electron chi connectivity index (χ1n) is 11.9. The maximum atomic E-state index is 12.6. The van der Waals surface area contributed by atoms with Gasteiger partial charge in [-0.25, -0.2) is 0 Å². The molecule has 4 rings (SSSR count). The minimum absolute atomic E-state index is 0.0422. The normalized spacial score (nSPS) is 15.0. The highest BCUT2D eigenvalue weighted by Crippen LogP contribution is 2.35. The maximum absolute atomic E-state index is 12.6. The Hall–Kier alpha value is -3.38. The molecule has 6 heteroatoms. The Labute approximate surface area is 200 Å². The Morgan fingerprint density at radius 3 is 2.41 bits per heavy atom. The van der Waals surface area contributed by atoms with E-state index in [1.165, 1.54) is 5.56 Å². The quantitative estimate of drug-likeness (QED) is 0.510. The second-order valence-electron chi connectivity index (χ2n) is 8.72. The van der Waals surface area contributed by atoms with E-state index in [1.807, 2.05) is 61.5 Å². The number of ether oxygens (including phenoxy) is 2. The molecule has 1 fully saturated rings. The largest absolute Gasteiger partial charge is 0.494 e. The van der Waals surface area contributed by atoms with Crippen LogP contribution in [0.15, 0.2) is 66.7 Å². The van der Waals surface area contributed by atoms with Crippen molar-refractivity contribution in [2.45, 2.75) is 31.6 Å². The van der Waals surface area contributed by atoms with Gasteiger partial charge in [0.1, 0.15) is 5.75 Å². The highest BCUT2D eigenvalue weighted by molar-refractivity contribution is 5.91. The van der Waals surface area contributed by atoms with Crippen molar-refractivity contribution < 1.29 is 19.1 Å². The molecule has 2 N–H and O–H groups in total. The smallest absolute Gasteiger partial charge is 0.239 e. The summed E-state index contributed by atoms with van der Waals surface area (Å²) in [4.78, 5) is 25.1. The van der Waals surface area contributed by atoms with Gasteiger partial charge in [-0.3, -0.25) is 9.59 Å². The number of carbonyl (C=O) groups is 2. The fourth-order valence-corrected chi connectivity index (χ4v) is 4.59. The molecule has 3 aromatic rings. The zero-order valence-electron chi connectivity index (χ0n) is 19.6. The molecule has 1 heterocycles. The lowest BCUT2D eigenvalue weighted by Gasteiger charge is -2.38. The van der Waals surface area contributed by atoms with Gasteiger partial charge in [-0.05, 0) is 53.8 Å². The van der Waals surface area contributed by atoms with Gasteiger partial charge in [0.15, 0.2) is 0 Å². The average molecular weight is 461 g/mol. The Balaban J connectivity index is 1.32. The second-order valence-corrected chi connectivity index (χ2v) is 8.72. The first-order valence-corrected chi connectivity index (χ1v) is 11.9. The molecule has 0 atom stereocenters. The van der Waals surface area contributed by atoms with E-state index in [2.05, 4.69) is 22.8 Å². The number of hydrogen-bond acceptors (Lipinski definition) is 4. The standard InChI is InChI=1S/C28H32N2O4/c1-2-34-24-12-10-23(11-13-24)28(14-16-33-17-15-28)20-30-27(32)19-29-26(31)18-22-8-5-7-21-6-3-4-9-25(21)22/h3-13H,2,14-20H2,1H3,(H,29,31)(H,30,32). The third-order valence-corrected chi connectivity index (χ3v) is 6.53. The van der Waals surface area contributed by atoms with Crippen LogP contribution in [-0.2, 0) is 26.2 Å². The molecule has 0 aromatic heterocycles. The van der Waals surface area contributed by atoms with Gasteiger partial charge in [-0.15, -0.1) is 0 Å². The molecule has 34 heavy (non-hydrogen) atoms. The van der Waals surface area contributed by atoms with Gasteiger partial charge in [-0.2, -0.15) is 0 Å². The number of rotatable bonds is 9. The third-order valence-electron chi connectivity index (χ3n) is 6.53. The van der Waals surface area contributed by atoms with Crippen LogP contribution in [0, 0.1) is 0 Å². The van der Waals surface area contributed by atoms with Crippen LogP contribution in [0.4, 0.5) is 0 Å². The van der Waals surface area contributed by atoms with Crippen LogP contribution in [0.25, 0.3) is 10.8 Å².